The van der Waals surface area contributed by atoms with Crippen molar-refractivity contribution in [3.63, 3.8) is 0 Å². The smallest absolute Gasteiger partial charge is 0.410 e. The first-order chi connectivity index (χ1) is 13.0. The van der Waals surface area contributed by atoms with Crippen molar-refractivity contribution in [3.05, 3.63) is 41.7 Å². The number of halogens is 2. The molecule has 0 bridgehead atoms. The predicted molar refractivity (Wildman–Crippen MR) is 95.8 cm³/mol. The van der Waals surface area contributed by atoms with E-state index in [1.807, 2.05) is 0 Å². The highest BCUT2D eigenvalue weighted by Crippen LogP contribution is 2.29. The van der Waals surface area contributed by atoms with Crippen molar-refractivity contribution in [1.29, 1.82) is 0 Å². The average Bonchev–Trinajstić information content (AvgIpc) is 2.96. The predicted octanol–water partition coefficient (Wildman–Crippen LogP) is 3.25. The van der Waals surface area contributed by atoms with Crippen LogP contribution in [0.15, 0.2) is 24.5 Å². The summed E-state index contributed by atoms with van der Waals surface area (Å²) in [4.78, 5) is 24.2. The van der Waals surface area contributed by atoms with Gasteiger partial charge in [0.1, 0.15) is 17.2 Å². The molecule has 1 saturated heterocycles. The topological polar surface area (TPSA) is 84.7 Å². The minimum atomic E-state index is -1.24. The molecule has 1 aromatic heterocycles. The molecule has 2 heterocycles. The van der Waals surface area contributed by atoms with Gasteiger partial charge in [0.15, 0.2) is 0 Å². The number of carboxylic acids is 1. The lowest BCUT2D eigenvalue weighted by molar-refractivity contribution is -0.136. The first-order valence-electron chi connectivity index (χ1n) is 8.75. The molecular weight excluding hydrogens is 372 g/mol. The summed E-state index contributed by atoms with van der Waals surface area (Å²) in [7, 11) is 0. The maximum atomic E-state index is 14.3. The molecule has 1 aliphatic heterocycles. The van der Waals surface area contributed by atoms with Gasteiger partial charge in [-0.2, -0.15) is 5.10 Å². The number of hydrogen-bond acceptors (Lipinski definition) is 4. The van der Waals surface area contributed by atoms with Crippen molar-refractivity contribution in [3.8, 4) is 11.1 Å². The summed E-state index contributed by atoms with van der Waals surface area (Å²) < 4.78 is 35.3. The van der Waals surface area contributed by atoms with Gasteiger partial charge in [0.05, 0.1) is 18.7 Å². The van der Waals surface area contributed by atoms with Crippen LogP contribution < -0.4 is 0 Å². The number of amides is 1. The lowest BCUT2D eigenvalue weighted by Gasteiger charge is -2.39. The zero-order valence-corrected chi connectivity index (χ0v) is 15.8. The number of hydrogen-bond donors (Lipinski definition) is 1. The maximum absolute atomic E-state index is 14.3. The number of aliphatic carboxylic acids is 1. The largest absolute Gasteiger partial charge is 0.481 e. The molecule has 1 aliphatic rings. The number of benzene rings is 1. The van der Waals surface area contributed by atoms with Crippen molar-refractivity contribution in [2.24, 2.45) is 0 Å². The Morgan fingerprint density at radius 1 is 1.25 bits per heavy atom. The maximum Gasteiger partial charge on any atom is 0.410 e. The highest BCUT2D eigenvalue weighted by atomic mass is 19.1. The Kier molecular flexibility index (Phi) is 5.10. The monoisotopic (exact) mass is 393 g/mol. The number of aromatic nitrogens is 2. The van der Waals surface area contributed by atoms with Gasteiger partial charge in [0.2, 0.25) is 0 Å². The highest BCUT2D eigenvalue weighted by Gasteiger charge is 2.35. The molecule has 9 heteroatoms. The summed E-state index contributed by atoms with van der Waals surface area (Å²) in [6, 6.07) is 1.78. The van der Waals surface area contributed by atoms with Crippen molar-refractivity contribution < 1.29 is 28.2 Å². The molecule has 0 spiro atoms. The van der Waals surface area contributed by atoms with E-state index in [9.17, 15) is 18.4 Å². The van der Waals surface area contributed by atoms with E-state index >= 15 is 0 Å². The molecule has 1 fully saturated rings. The molecule has 2 aromatic rings. The summed E-state index contributed by atoms with van der Waals surface area (Å²) >= 11 is 0. The van der Waals surface area contributed by atoms with Gasteiger partial charge in [-0.3, -0.25) is 9.48 Å². The molecule has 3 rings (SSSR count). The molecule has 0 unspecified atom stereocenters. The number of rotatable bonds is 4. The third-order valence-electron chi connectivity index (χ3n) is 4.28. The van der Waals surface area contributed by atoms with Gasteiger partial charge in [0, 0.05) is 36.0 Å². The second kappa shape index (κ2) is 7.21. The first kappa shape index (κ1) is 19.8. The molecule has 0 saturated carbocycles. The SMILES string of the molecule is CC(C)(C)OC(=O)N1CC(n2cc(-c3cc(F)c(CC(=O)O)cc3F)cn2)C1. The highest BCUT2D eigenvalue weighted by molar-refractivity contribution is 5.71. The summed E-state index contributed by atoms with van der Waals surface area (Å²) in [5.74, 6) is -2.74. The van der Waals surface area contributed by atoms with Gasteiger partial charge < -0.3 is 14.7 Å². The Labute approximate surface area is 160 Å². The minimum absolute atomic E-state index is 0.00112. The number of likely N-dealkylation sites (tertiary alicyclic amines) is 1. The van der Waals surface area contributed by atoms with E-state index in [1.54, 1.807) is 31.6 Å². The van der Waals surface area contributed by atoms with Crippen molar-refractivity contribution in [2.75, 3.05) is 13.1 Å². The quantitative estimate of drug-likeness (QED) is 0.862. The normalized spacial score (nSPS) is 14.7. The third-order valence-corrected chi connectivity index (χ3v) is 4.28. The minimum Gasteiger partial charge on any atom is -0.481 e. The summed E-state index contributed by atoms with van der Waals surface area (Å²) in [5, 5.41) is 12.9. The van der Waals surface area contributed by atoms with E-state index in [0.29, 0.717) is 18.7 Å². The molecule has 7 nitrogen and oxygen atoms in total. The third kappa shape index (κ3) is 4.29. The number of ether oxygens (including phenoxy) is 1. The van der Waals surface area contributed by atoms with Crippen LogP contribution in [0.3, 0.4) is 0 Å². The van der Waals surface area contributed by atoms with E-state index in [2.05, 4.69) is 5.10 Å². The Hall–Kier alpha value is -2.97. The lowest BCUT2D eigenvalue weighted by Crippen LogP contribution is -2.52. The van der Waals surface area contributed by atoms with Crippen LogP contribution in [-0.2, 0) is 16.0 Å². The number of carboxylic acid groups (broad SMARTS) is 1. The van der Waals surface area contributed by atoms with Crippen LogP contribution >= 0.6 is 0 Å². The Balaban J connectivity index is 1.70. The van der Waals surface area contributed by atoms with Crippen LogP contribution in [0.25, 0.3) is 11.1 Å². The van der Waals surface area contributed by atoms with Crippen LogP contribution in [0.5, 0.6) is 0 Å². The van der Waals surface area contributed by atoms with E-state index in [1.165, 1.54) is 11.1 Å². The second-order valence-corrected chi connectivity index (χ2v) is 7.74. The molecule has 0 atom stereocenters. The standard InChI is InChI=1S/C19H21F2N3O4/c1-19(2,3)28-18(27)23-9-13(10-23)24-8-12(7-22-24)14-6-15(20)11(4-16(14)21)5-17(25)26/h4,6-8,13H,5,9-10H2,1-3H3,(H,25,26). The molecular formula is C19H21F2N3O4. The molecule has 0 radical (unpaired) electrons. The van der Waals surface area contributed by atoms with E-state index < -0.39 is 35.7 Å². The van der Waals surface area contributed by atoms with Crippen LogP contribution in [-0.4, -0.2) is 50.5 Å². The zero-order valence-electron chi connectivity index (χ0n) is 15.8. The number of nitrogens with zero attached hydrogens (tertiary/aromatic N) is 3. The van der Waals surface area contributed by atoms with Crippen LogP contribution in [0, 0.1) is 11.6 Å². The molecule has 0 aliphatic carbocycles. The summed E-state index contributed by atoms with van der Waals surface area (Å²) in [6.45, 7) is 6.18. The van der Waals surface area contributed by atoms with Crippen LogP contribution in [0.2, 0.25) is 0 Å². The zero-order chi connectivity index (χ0) is 20.6. The van der Waals surface area contributed by atoms with E-state index in [0.717, 1.165) is 12.1 Å². The van der Waals surface area contributed by atoms with Gasteiger partial charge in [-0.25, -0.2) is 13.6 Å². The van der Waals surface area contributed by atoms with E-state index in [4.69, 9.17) is 9.84 Å². The number of carbonyl (C=O) groups excluding carboxylic acids is 1. The second-order valence-electron chi connectivity index (χ2n) is 7.74. The number of carbonyl (C=O) groups is 2. The van der Waals surface area contributed by atoms with Crippen molar-refractivity contribution >= 4 is 12.1 Å². The molecule has 1 amide bonds. The van der Waals surface area contributed by atoms with Gasteiger partial charge >= 0.3 is 12.1 Å². The molecule has 28 heavy (non-hydrogen) atoms. The van der Waals surface area contributed by atoms with Crippen LogP contribution in [0.4, 0.5) is 13.6 Å². The lowest BCUT2D eigenvalue weighted by atomic mass is 10.0. The Morgan fingerprint density at radius 3 is 2.54 bits per heavy atom. The fourth-order valence-electron chi connectivity index (χ4n) is 2.88. The summed E-state index contributed by atoms with van der Waals surface area (Å²) in [6.07, 6.45) is 1.99. The molecule has 150 valence electrons. The van der Waals surface area contributed by atoms with Gasteiger partial charge in [-0.1, -0.05) is 0 Å². The van der Waals surface area contributed by atoms with E-state index in [-0.39, 0.29) is 17.2 Å². The fourth-order valence-corrected chi connectivity index (χ4v) is 2.88. The molecule has 1 N–H and O–H groups in total. The fraction of sp³-hybridized carbons (Fsp3) is 0.421. The van der Waals surface area contributed by atoms with Crippen molar-refractivity contribution in [1.82, 2.24) is 14.7 Å². The van der Waals surface area contributed by atoms with Gasteiger partial charge in [-0.05, 0) is 32.9 Å². The first-order valence-corrected chi connectivity index (χ1v) is 8.75. The van der Waals surface area contributed by atoms with Crippen molar-refractivity contribution in [2.45, 2.75) is 38.8 Å². The Bertz CT molecular complexity index is 914. The average molecular weight is 393 g/mol. The van der Waals surface area contributed by atoms with Gasteiger partial charge in [-0.15, -0.1) is 0 Å². The molecule has 1 aromatic carbocycles. The summed E-state index contributed by atoms with van der Waals surface area (Å²) in [5.41, 5.74) is -0.418. The Morgan fingerprint density at radius 2 is 1.93 bits per heavy atom. The van der Waals surface area contributed by atoms with Gasteiger partial charge in [0.25, 0.3) is 0 Å². The van der Waals surface area contributed by atoms with Crippen LogP contribution in [0.1, 0.15) is 32.4 Å².